The second-order valence-electron chi connectivity index (χ2n) is 7.12. The van der Waals surface area contributed by atoms with Crippen LogP contribution in [-0.4, -0.2) is 34.0 Å². The van der Waals surface area contributed by atoms with Crippen LogP contribution in [0.4, 0.5) is 4.39 Å². The van der Waals surface area contributed by atoms with Crippen molar-refractivity contribution in [1.82, 2.24) is 15.0 Å². The normalized spacial score (nSPS) is 20.7. The Balaban J connectivity index is 1.49. The topological polar surface area (TPSA) is 59.2 Å². The summed E-state index contributed by atoms with van der Waals surface area (Å²) in [6.07, 6.45) is 2.94. The summed E-state index contributed by atoms with van der Waals surface area (Å²) in [5.74, 6) is 2.00. The van der Waals surface area contributed by atoms with Crippen LogP contribution in [0.5, 0.6) is 0 Å². The molecule has 2 heterocycles. The highest BCUT2D eigenvalue weighted by Crippen LogP contribution is 2.22. The van der Waals surface area contributed by atoms with Crippen LogP contribution in [0, 0.1) is 17.7 Å². The SMILES string of the molecule is C[C@H]1C[C@H](C)CN(C(=O)CCCc2nc(-c3ccc(F)cc3)no2)C1. The van der Waals surface area contributed by atoms with Gasteiger partial charge in [0.15, 0.2) is 0 Å². The number of piperidine rings is 1. The molecule has 1 saturated heterocycles. The summed E-state index contributed by atoms with van der Waals surface area (Å²) in [7, 11) is 0. The molecule has 1 fully saturated rings. The van der Waals surface area contributed by atoms with Gasteiger partial charge in [-0.3, -0.25) is 4.79 Å². The van der Waals surface area contributed by atoms with Gasteiger partial charge in [-0.05, 0) is 48.9 Å². The van der Waals surface area contributed by atoms with E-state index in [1.54, 1.807) is 12.1 Å². The second kappa shape index (κ2) is 7.76. The number of benzene rings is 1. The Labute approximate surface area is 147 Å². The van der Waals surface area contributed by atoms with Crippen molar-refractivity contribution in [3.8, 4) is 11.4 Å². The number of hydrogen-bond acceptors (Lipinski definition) is 4. The number of likely N-dealkylation sites (tertiary alicyclic amines) is 1. The fourth-order valence-corrected chi connectivity index (χ4v) is 3.49. The first kappa shape index (κ1) is 17.6. The minimum atomic E-state index is -0.299. The number of amides is 1. The van der Waals surface area contributed by atoms with Gasteiger partial charge in [0.25, 0.3) is 0 Å². The smallest absolute Gasteiger partial charge is 0.226 e. The summed E-state index contributed by atoms with van der Waals surface area (Å²) in [5, 5.41) is 3.92. The Morgan fingerprint density at radius 3 is 2.60 bits per heavy atom. The molecule has 1 amide bonds. The molecule has 25 heavy (non-hydrogen) atoms. The zero-order valence-corrected chi connectivity index (χ0v) is 14.7. The third-order valence-corrected chi connectivity index (χ3v) is 4.57. The largest absolute Gasteiger partial charge is 0.342 e. The van der Waals surface area contributed by atoms with E-state index in [4.69, 9.17) is 4.52 Å². The highest BCUT2D eigenvalue weighted by atomic mass is 19.1. The van der Waals surface area contributed by atoms with Crippen molar-refractivity contribution in [3.05, 3.63) is 36.0 Å². The van der Waals surface area contributed by atoms with Crippen molar-refractivity contribution >= 4 is 5.91 Å². The van der Waals surface area contributed by atoms with Gasteiger partial charge in [-0.2, -0.15) is 4.98 Å². The molecule has 0 radical (unpaired) electrons. The molecular weight excluding hydrogens is 321 g/mol. The van der Waals surface area contributed by atoms with Crippen LogP contribution in [0.3, 0.4) is 0 Å². The summed E-state index contributed by atoms with van der Waals surface area (Å²) in [6.45, 7) is 6.12. The lowest BCUT2D eigenvalue weighted by atomic mass is 9.91. The van der Waals surface area contributed by atoms with Gasteiger partial charge in [-0.15, -0.1) is 0 Å². The van der Waals surface area contributed by atoms with Crippen LogP contribution >= 0.6 is 0 Å². The molecule has 2 aromatic rings. The highest BCUT2D eigenvalue weighted by Gasteiger charge is 2.25. The van der Waals surface area contributed by atoms with Crippen molar-refractivity contribution < 1.29 is 13.7 Å². The Morgan fingerprint density at radius 2 is 1.92 bits per heavy atom. The molecule has 1 aromatic carbocycles. The molecule has 2 atom stereocenters. The third kappa shape index (κ3) is 4.65. The molecule has 0 aliphatic carbocycles. The lowest BCUT2D eigenvalue weighted by molar-refractivity contribution is -0.134. The summed E-state index contributed by atoms with van der Waals surface area (Å²) in [4.78, 5) is 18.7. The standard InChI is InChI=1S/C19H24FN3O2/c1-13-10-14(2)12-23(11-13)18(24)5-3-4-17-21-19(22-25-17)15-6-8-16(20)9-7-15/h6-9,13-14H,3-5,10-12H2,1-2H3/t13-,14-/m0/s1. The van der Waals surface area contributed by atoms with E-state index in [0.29, 0.717) is 48.4 Å². The molecule has 6 heteroatoms. The summed E-state index contributed by atoms with van der Waals surface area (Å²) in [6, 6.07) is 5.97. The molecule has 5 nitrogen and oxygen atoms in total. The van der Waals surface area contributed by atoms with E-state index in [-0.39, 0.29) is 11.7 Å². The van der Waals surface area contributed by atoms with Gasteiger partial charge in [0.05, 0.1) is 0 Å². The molecule has 0 N–H and O–H groups in total. The summed E-state index contributed by atoms with van der Waals surface area (Å²) < 4.78 is 18.2. The maximum atomic E-state index is 13.0. The van der Waals surface area contributed by atoms with Crippen molar-refractivity contribution in [1.29, 1.82) is 0 Å². The first-order valence-electron chi connectivity index (χ1n) is 8.87. The van der Waals surface area contributed by atoms with Gasteiger partial charge in [0.2, 0.25) is 17.6 Å². The summed E-state index contributed by atoms with van der Waals surface area (Å²) >= 11 is 0. The lowest BCUT2D eigenvalue weighted by Gasteiger charge is -2.35. The van der Waals surface area contributed by atoms with Gasteiger partial charge in [0.1, 0.15) is 5.82 Å². The second-order valence-corrected chi connectivity index (χ2v) is 7.12. The average molecular weight is 345 g/mol. The fourth-order valence-electron chi connectivity index (χ4n) is 3.49. The molecule has 0 bridgehead atoms. The van der Waals surface area contributed by atoms with E-state index >= 15 is 0 Å². The Kier molecular flexibility index (Phi) is 5.46. The quantitative estimate of drug-likeness (QED) is 0.829. The molecule has 1 aromatic heterocycles. The molecule has 3 rings (SSSR count). The van der Waals surface area contributed by atoms with E-state index in [2.05, 4.69) is 24.0 Å². The maximum absolute atomic E-state index is 13.0. The monoisotopic (exact) mass is 345 g/mol. The Morgan fingerprint density at radius 1 is 1.24 bits per heavy atom. The molecular formula is C19H24FN3O2. The van der Waals surface area contributed by atoms with Gasteiger partial charge in [-0.1, -0.05) is 19.0 Å². The molecule has 0 spiro atoms. The number of aryl methyl sites for hydroxylation is 1. The average Bonchev–Trinajstić information content (AvgIpc) is 3.03. The van der Waals surface area contributed by atoms with E-state index in [1.807, 2.05) is 4.90 Å². The zero-order chi connectivity index (χ0) is 17.8. The van der Waals surface area contributed by atoms with Crippen molar-refractivity contribution in [2.45, 2.75) is 39.5 Å². The number of carbonyl (C=O) groups is 1. The molecule has 1 aliphatic heterocycles. The minimum absolute atomic E-state index is 0.205. The predicted molar refractivity (Wildman–Crippen MR) is 92.2 cm³/mol. The zero-order valence-electron chi connectivity index (χ0n) is 14.7. The number of aromatic nitrogens is 2. The van der Waals surface area contributed by atoms with Crippen molar-refractivity contribution in [2.24, 2.45) is 11.8 Å². The Bertz CT molecular complexity index is 704. The first-order chi connectivity index (χ1) is 12.0. The number of rotatable bonds is 5. The van der Waals surface area contributed by atoms with Gasteiger partial charge in [-0.25, -0.2) is 4.39 Å². The van der Waals surface area contributed by atoms with Gasteiger partial charge < -0.3 is 9.42 Å². The van der Waals surface area contributed by atoms with Crippen LogP contribution in [0.15, 0.2) is 28.8 Å². The number of hydrogen-bond donors (Lipinski definition) is 0. The van der Waals surface area contributed by atoms with Crippen LogP contribution in [-0.2, 0) is 11.2 Å². The van der Waals surface area contributed by atoms with E-state index in [1.165, 1.54) is 18.6 Å². The van der Waals surface area contributed by atoms with Crippen LogP contribution in [0.25, 0.3) is 11.4 Å². The maximum Gasteiger partial charge on any atom is 0.226 e. The number of nitrogens with zero attached hydrogens (tertiary/aromatic N) is 3. The van der Waals surface area contributed by atoms with Crippen molar-refractivity contribution in [2.75, 3.05) is 13.1 Å². The van der Waals surface area contributed by atoms with E-state index in [9.17, 15) is 9.18 Å². The third-order valence-electron chi connectivity index (χ3n) is 4.57. The number of halogens is 1. The van der Waals surface area contributed by atoms with Crippen LogP contribution in [0.1, 0.15) is 39.0 Å². The molecule has 1 aliphatic rings. The molecule has 0 unspecified atom stereocenters. The summed E-state index contributed by atoms with van der Waals surface area (Å²) in [5.41, 5.74) is 0.712. The highest BCUT2D eigenvalue weighted by molar-refractivity contribution is 5.76. The van der Waals surface area contributed by atoms with Crippen LogP contribution < -0.4 is 0 Å². The Hall–Kier alpha value is -2.24. The predicted octanol–water partition coefficient (Wildman–Crippen LogP) is 3.70. The fraction of sp³-hybridized carbons (Fsp3) is 0.526. The first-order valence-corrected chi connectivity index (χ1v) is 8.87. The van der Waals surface area contributed by atoms with E-state index < -0.39 is 0 Å². The van der Waals surface area contributed by atoms with Gasteiger partial charge in [0, 0.05) is 31.5 Å². The minimum Gasteiger partial charge on any atom is -0.342 e. The lowest BCUT2D eigenvalue weighted by Crippen LogP contribution is -2.42. The molecule has 134 valence electrons. The van der Waals surface area contributed by atoms with Crippen LogP contribution in [0.2, 0.25) is 0 Å². The number of carbonyl (C=O) groups excluding carboxylic acids is 1. The molecule has 0 saturated carbocycles. The van der Waals surface area contributed by atoms with Gasteiger partial charge >= 0.3 is 0 Å². The van der Waals surface area contributed by atoms with Crippen molar-refractivity contribution in [3.63, 3.8) is 0 Å². The van der Waals surface area contributed by atoms with E-state index in [0.717, 1.165) is 13.1 Å².